The number of hydrogen-bond acceptors (Lipinski definition) is 2. The molecular formula is C7H13F2NO2S. The van der Waals surface area contributed by atoms with Crippen molar-refractivity contribution in [3.63, 3.8) is 0 Å². The van der Waals surface area contributed by atoms with E-state index in [1.165, 1.54) is 0 Å². The van der Waals surface area contributed by atoms with Crippen molar-refractivity contribution in [3.8, 4) is 0 Å². The number of hydrogen-bond donors (Lipinski definition) is 1. The summed E-state index contributed by atoms with van der Waals surface area (Å²) in [6, 6.07) is 0. The van der Waals surface area contributed by atoms with Gasteiger partial charge in [0.2, 0.25) is 10.0 Å². The normalized spacial score (nSPS) is 11.3. The van der Waals surface area contributed by atoms with Crippen molar-refractivity contribution >= 4 is 10.0 Å². The van der Waals surface area contributed by atoms with Crippen molar-refractivity contribution in [3.05, 3.63) is 12.2 Å². The third-order valence-electron chi connectivity index (χ3n) is 1.29. The number of allylic oxidation sites excluding steroid dienone is 1. The topological polar surface area (TPSA) is 46.2 Å². The van der Waals surface area contributed by atoms with Gasteiger partial charge in [-0.1, -0.05) is 0 Å². The van der Waals surface area contributed by atoms with E-state index < -0.39 is 16.1 Å². The van der Waals surface area contributed by atoms with Gasteiger partial charge in [0.15, 0.2) is 0 Å². The standard InChI is InChI=1S/C7H13F2NO2S/c1-13(11,12)10-6-4-2-3-5-7(8)9/h5,10H,2-4,6H2,1H3. The van der Waals surface area contributed by atoms with Crippen LogP contribution >= 0.6 is 0 Å². The highest BCUT2D eigenvalue weighted by Gasteiger charge is 1.97. The summed E-state index contributed by atoms with van der Waals surface area (Å²) in [5.74, 6) is 0. The molecular weight excluding hydrogens is 200 g/mol. The van der Waals surface area contributed by atoms with Gasteiger partial charge in [0, 0.05) is 6.54 Å². The number of halogens is 2. The molecule has 6 heteroatoms. The van der Waals surface area contributed by atoms with Crippen molar-refractivity contribution in [2.24, 2.45) is 0 Å². The first-order valence-corrected chi connectivity index (χ1v) is 5.77. The summed E-state index contributed by atoms with van der Waals surface area (Å²) >= 11 is 0. The van der Waals surface area contributed by atoms with E-state index in [-0.39, 0.29) is 6.42 Å². The van der Waals surface area contributed by atoms with E-state index in [0.717, 1.165) is 12.3 Å². The molecule has 0 saturated carbocycles. The maximum absolute atomic E-state index is 11.5. The lowest BCUT2D eigenvalue weighted by Gasteiger charge is -1.99. The lowest BCUT2D eigenvalue weighted by Crippen LogP contribution is -2.22. The van der Waals surface area contributed by atoms with E-state index in [1.54, 1.807) is 0 Å². The molecule has 0 radical (unpaired) electrons. The summed E-state index contributed by atoms with van der Waals surface area (Å²) in [5.41, 5.74) is 0. The summed E-state index contributed by atoms with van der Waals surface area (Å²) in [5, 5.41) is 0. The van der Waals surface area contributed by atoms with Crippen LogP contribution in [0.2, 0.25) is 0 Å². The average Bonchev–Trinajstić information content (AvgIpc) is 1.93. The third-order valence-corrected chi connectivity index (χ3v) is 2.02. The minimum Gasteiger partial charge on any atom is -0.215 e. The highest BCUT2D eigenvalue weighted by Crippen LogP contribution is 2.02. The van der Waals surface area contributed by atoms with E-state index in [1.807, 2.05) is 0 Å². The number of sulfonamides is 1. The Kier molecular flexibility index (Phi) is 5.81. The molecule has 0 bridgehead atoms. The highest BCUT2D eigenvalue weighted by molar-refractivity contribution is 7.88. The quantitative estimate of drug-likeness (QED) is 0.679. The fourth-order valence-corrected chi connectivity index (χ4v) is 1.25. The van der Waals surface area contributed by atoms with Crippen LogP contribution in [0, 0.1) is 0 Å². The number of nitrogens with one attached hydrogen (secondary N) is 1. The first-order valence-electron chi connectivity index (χ1n) is 3.87. The lowest BCUT2D eigenvalue weighted by atomic mass is 10.2. The summed E-state index contributed by atoms with van der Waals surface area (Å²) < 4.78 is 46.3. The molecule has 13 heavy (non-hydrogen) atoms. The molecule has 0 fully saturated rings. The van der Waals surface area contributed by atoms with Gasteiger partial charge in [0.25, 0.3) is 6.08 Å². The van der Waals surface area contributed by atoms with Crippen molar-refractivity contribution in [2.45, 2.75) is 19.3 Å². The zero-order chi connectivity index (χ0) is 10.3. The Balaban J connectivity index is 3.33. The Morgan fingerprint density at radius 1 is 1.38 bits per heavy atom. The van der Waals surface area contributed by atoms with E-state index >= 15 is 0 Å². The molecule has 0 aromatic carbocycles. The molecule has 0 atom stereocenters. The molecule has 0 saturated heterocycles. The molecule has 0 aliphatic heterocycles. The fraction of sp³-hybridized carbons (Fsp3) is 0.714. The second kappa shape index (κ2) is 6.04. The molecule has 0 unspecified atom stereocenters. The van der Waals surface area contributed by atoms with Crippen LogP contribution in [0.15, 0.2) is 12.2 Å². The molecule has 0 rings (SSSR count). The largest absolute Gasteiger partial charge is 0.266 e. The second-order valence-electron chi connectivity index (χ2n) is 2.66. The first-order chi connectivity index (χ1) is 5.92. The third kappa shape index (κ3) is 11.5. The molecule has 0 amide bonds. The summed E-state index contributed by atoms with van der Waals surface area (Å²) in [4.78, 5) is 0. The predicted octanol–water partition coefficient (Wildman–Crippen LogP) is 1.49. The molecule has 0 spiro atoms. The number of unbranched alkanes of at least 4 members (excludes halogenated alkanes) is 2. The Bertz CT molecular complexity index is 258. The van der Waals surface area contributed by atoms with Gasteiger partial charge in [-0.05, 0) is 25.3 Å². The highest BCUT2D eigenvalue weighted by atomic mass is 32.2. The minimum atomic E-state index is -3.14. The van der Waals surface area contributed by atoms with Gasteiger partial charge in [0.05, 0.1) is 6.26 Å². The van der Waals surface area contributed by atoms with Gasteiger partial charge in [-0.25, -0.2) is 13.1 Å². The second-order valence-corrected chi connectivity index (χ2v) is 4.49. The van der Waals surface area contributed by atoms with Crippen molar-refractivity contribution in [1.29, 1.82) is 0 Å². The molecule has 0 aliphatic carbocycles. The Labute approximate surface area is 76.9 Å². The summed E-state index contributed by atoms with van der Waals surface area (Å²) in [6.45, 7) is 0.306. The van der Waals surface area contributed by atoms with Gasteiger partial charge in [-0.3, -0.25) is 0 Å². The maximum atomic E-state index is 11.5. The number of rotatable bonds is 6. The predicted molar refractivity (Wildman–Crippen MR) is 47.0 cm³/mol. The zero-order valence-corrected chi connectivity index (χ0v) is 8.20. The van der Waals surface area contributed by atoms with E-state index in [4.69, 9.17) is 0 Å². The molecule has 0 aromatic rings. The average molecular weight is 213 g/mol. The summed E-state index contributed by atoms with van der Waals surface area (Å²) in [7, 11) is -3.14. The van der Waals surface area contributed by atoms with Gasteiger partial charge in [0.1, 0.15) is 0 Å². The smallest absolute Gasteiger partial charge is 0.215 e. The van der Waals surface area contributed by atoms with Gasteiger partial charge in [-0.15, -0.1) is 0 Å². The van der Waals surface area contributed by atoms with E-state index in [9.17, 15) is 17.2 Å². The monoisotopic (exact) mass is 213 g/mol. The Morgan fingerprint density at radius 3 is 2.46 bits per heavy atom. The van der Waals surface area contributed by atoms with Crippen LogP contribution in [0.1, 0.15) is 19.3 Å². The molecule has 0 heterocycles. The summed E-state index contributed by atoms with van der Waals surface area (Å²) in [6.07, 6.45) is 1.62. The molecule has 78 valence electrons. The van der Waals surface area contributed by atoms with Crippen LogP contribution in [-0.4, -0.2) is 21.2 Å². The Morgan fingerprint density at radius 2 is 2.00 bits per heavy atom. The van der Waals surface area contributed by atoms with Gasteiger partial charge < -0.3 is 0 Å². The van der Waals surface area contributed by atoms with E-state index in [0.29, 0.717) is 19.4 Å². The van der Waals surface area contributed by atoms with Gasteiger partial charge in [-0.2, -0.15) is 8.78 Å². The minimum absolute atomic E-state index is 0.285. The van der Waals surface area contributed by atoms with E-state index in [2.05, 4.69) is 4.72 Å². The SMILES string of the molecule is CS(=O)(=O)NCCCCC=C(F)F. The maximum Gasteiger partial charge on any atom is 0.266 e. The molecule has 3 nitrogen and oxygen atoms in total. The van der Waals surface area contributed by atoms with Gasteiger partial charge >= 0.3 is 0 Å². The van der Waals surface area contributed by atoms with Crippen molar-refractivity contribution < 1.29 is 17.2 Å². The zero-order valence-electron chi connectivity index (χ0n) is 7.39. The molecule has 1 N–H and O–H groups in total. The van der Waals surface area contributed by atoms with Crippen LogP contribution < -0.4 is 4.72 Å². The molecule has 0 aliphatic rings. The van der Waals surface area contributed by atoms with Crippen LogP contribution in [0.5, 0.6) is 0 Å². The van der Waals surface area contributed by atoms with Crippen molar-refractivity contribution in [1.82, 2.24) is 4.72 Å². The molecule has 0 aromatic heterocycles. The van der Waals surface area contributed by atoms with Crippen LogP contribution in [-0.2, 0) is 10.0 Å². The van der Waals surface area contributed by atoms with Crippen LogP contribution in [0.4, 0.5) is 8.78 Å². The first kappa shape index (κ1) is 12.5. The van der Waals surface area contributed by atoms with Crippen molar-refractivity contribution in [2.75, 3.05) is 12.8 Å². The van der Waals surface area contributed by atoms with Crippen LogP contribution in [0.25, 0.3) is 0 Å². The Hall–Kier alpha value is -0.490. The van der Waals surface area contributed by atoms with Crippen LogP contribution in [0.3, 0.4) is 0 Å². The fourth-order valence-electron chi connectivity index (χ4n) is 0.738. The lowest BCUT2D eigenvalue weighted by molar-refractivity contribution is 0.416.